The Kier molecular flexibility index (Phi) is 1.95. The van der Waals surface area contributed by atoms with Crippen molar-refractivity contribution in [3.8, 4) is 0 Å². The molecule has 0 aromatic rings. The third-order valence-corrected chi connectivity index (χ3v) is 4.05. The summed E-state index contributed by atoms with van der Waals surface area (Å²) in [5.74, 6) is 4.46. The molecule has 0 amide bonds. The van der Waals surface area contributed by atoms with Crippen molar-refractivity contribution in [2.75, 3.05) is 0 Å². The summed E-state index contributed by atoms with van der Waals surface area (Å²) in [7, 11) is 0. The van der Waals surface area contributed by atoms with Gasteiger partial charge in [0, 0.05) is 0 Å². The Balaban J connectivity index is 1.87. The molecule has 2 aliphatic carbocycles. The topological polar surface area (TPSA) is 0 Å². The third-order valence-electron chi connectivity index (χ3n) is 4.05. The van der Waals surface area contributed by atoms with Gasteiger partial charge in [0.25, 0.3) is 0 Å². The zero-order valence-electron chi connectivity index (χ0n) is 7.84. The maximum atomic E-state index is 2.46. The first-order chi connectivity index (χ1) is 5.34. The zero-order chi connectivity index (χ0) is 7.84. The number of hydrogen-bond donors (Lipinski definition) is 0. The van der Waals surface area contributed by atoms with E-state index in [-0.39, 0.29) is 0 Å². The molecule has 3 unspecified atom stereocenters. The molecule has 0 aromatic carbocycles. The van der Waals surface area contributed by atoms with Gasteiger partial charge in [0.1, 0.15) is 0 Å². The lowest BCUT2D eigenvalue weighted by Gasteiger charge is -2.06. The van der Waals surface area contributed by atoms with Crippen LogP contribution in [0.5, 0.6) is 0 Å². The minimum atomic E-state index is 1.07. The lowest BCUT2D eigenvalue weighted by Crippen LogP contribution is -1.98. The van der Waals surface area contributed by atoms with Crippen molar-refractivity contribution in [2.45, 2.75) is 46.0 Å². The van der Waals surface area contributed by atoms with Crippen LogP contribution >= 0.6 is 0 Å². The Morgan fingerprint density at radius 1 is 1.18 bits per heavy atom. The standard InChI is InChI=1S/C11H20/c1-3-10-8(2)11(10)9-6-4-5-7-9/h8-11H,3-7H2,1-2H3. The van der Waals surface area contributed by atoms with Gasteiger partial charge >= 0.3 is 0 Å². The molecule has 0 aromatic heterocycles. The maximum absolute atomic E-state index is 2.46. The van der Waals surface area contributed by atoms with Gasteiger partial charge in [0.15, 0.2) is 0 Å². The van der Waals surface area contributed by atoms with E-state index in [1.54, 1.807) is 12.8 Å². The van der Waals surface area contributed by atoms with Crippen LogP contribution in [0.25, 0.3) is 0 Å². The van der Waals surface area contributed by atoms with Crippen LogP contribution in [0.4, 0.5) is 0 Å². The average molecular weight is 152 g/mol. The lowest BCUT2D eigenvalue weighted by atomic mass is 9.99. The highest BCUT2D eigenvalue weighted by Crippen LogP contribution is 2.56. The van der Waals surface area contributed by atoms with Crippen molar-refractivity contribution < 1.29 is 0 Å². The molecule has 2 saturated carbocycles. The molecule has 11 heavy (non-hydrogen) atoms. The van der Waals surface area contributed by atoms with E-state index in [9.17, 15) is 0 Å². The fraction of sp³-hybridized carbons (Fsp3) is 1.00. The van der Waals surface area contributed by atoms with E-state index >= 15 is 0 Å². The monoisotopic (exact) mass is 152 g/mol. The quantitative estimate of drug-likeness (QED) is 0.568. The van der Waals surface area contributed by atoms with Gasteiger partial charge in [-0.05, 0) is 23.7 Å². The largest absolute Gasteiger partial charge is 0.0651 e. The van der Waals surface area contributed by atoms with Gasteiger partial charge in [-0.3, -0.25) is 0 Å². The number of hydrogen-bond acceptors (Lipinski definition) is 0. The van der Waals surface area contributed by atoms with Crippen LogP contribution in [0, 0.1) is 23.7 Å². The Morgan fingerprint density at radius 2 is 1.82 bits per heavy atom. The minimum Gasteiger partial charge on any atom is -0.0651 e. The summed E-state index contributed by atoms with van der Waals surface area (Å²) in [6.45, 7) is 4.81. The summed E-state index contributed by atoms with van der Waals surface area (Å²) in [4.78, 5) is 0. The average Bonchev–Trinajstić information content (AvgIpc) is 2.53. The first-order valence-electron chi connectivity index (χ1n) is 5.34. The molecule has 0 radical (unpaired) electrons. The smallest absolute Gasteiger partial charge is 0.0326 e. The molecule has 0 nitrogen and oxygen atoms in total. The summed E-state index contributed by atoms with van der Waals surface area (Å²) in [5, 5.41) is 0. The van der Waals surface area contributed by atoms with E-state index in [2.05, 4.69) is 13.8 Å². The third kappa shape index (κ3) is 1.21. The van der Waals surface area contributed by atoms with Crippen molar-refractivity contribution >= 4 is 0 Å². The molecule has 3 atom stereocenters. The summed E-state index contributed by atoms with van der Waals surface area (Å²) in [5.41, 5.74) is 0. The van der Waals surface area contributed by atoms with Crippen LogP contribution in [0.15, 0.2) is 0 Å². The second kappa shape index (κ2) is 2.80. The van der Waals surface area contributed by atoms with Crippen molar-refractivity contribution in [1.29, 1.82) is 0 Å². The Bertz CT molecular complexity index is 133. The molecule has 2 rings (SSSR count). The van der Waals surface area contributed by atoms with Crippen molar-refractivity contribution in [1.82, 2.24) is 0 Å². The molecule has 0 aliphatic heterocycles. The van der Waals surface area contributed by atoms with E-state index in [0.717, 1.165) is 23.7 Å². The van der Waals surface area contributed by atoms with Gasteiger partial charge < -0.3 is 0 Å². The fourth-order valence-corrected chi connectivity index (χ4v) is 3.34. The van der Waals surface area contributed by atoms with Gasteiger partial charge in [-0.2, -0.15) is 0 Å². The van der Waals surface area contributed by atoms with Crippen LogP contribution in [-0.2, 0) is 0 Å². The zero-order valence-corrected chi connectivity index (χ0v) is 7.84. The highest BCUT2D eigenvalue weighted by molar-refractivity contribution is 4.98. The first kappa shape index (κ1) is 7.64. The molecule has 0 bridgehead atoms. The van der Waals surface area contributed by atoms with Gasteiger partial charge in [-0.1, -0.05) is 46.0 Å². The summed E-state index contributed by atoms with van der Waals surface area (Å²) < 4.78 is 0. The highest BCUT2D eigenvalue weighted by Gasteiger charge is 2.49. The first-order valence-corrected chi connectivity index (χ1v) is 5.34. The van der Waals surface area contributed by atoms with Crippen LogP contribution in [-0.4, -0.2) is 0 Å². The van der Waals surface area contributed by atoms with Gasteiger partial charge in [0.2, 0.25) is 0 Å². The molecule has 0 spiro atoms. The van der Waals surface area contributed by atoms with Gasteiger partial charge in [0.05, 0.1) is 0 Å². The molecular formula is C11H20. The second-order valence-electron chi connectivity index (χ2n) is 4.55. The predicted octanol–water partition coefficient (Wildman–Crippen LogP) is 3.47. The van der Waals surface area contributed by atoms with E-state index < -0.39 is 0 Å². The van der Waals surface area contributed by atoms with E-state index in [1.165, 1.54) is 19.3 Å². The Labute approximate surface area is 70.4 Å². The molecule has 64 valence electrons. The summed E-state index contributed by atoms with van der Waals surface area (Å²) >= 11 is 0. The highest BCUT2D eigenvalue weighted by atomic mass is 14.5. The number of rotatable bonds is 2. The van der Waals surface area contributed by atoms with E-state index in [0.29, 0.717) is 0 Å². The van der Waals surface area contributed by atoms with Crippen molar-refractivity contribution in [3.63, 3.8) is 0 Å². The van der Waals surface area contributed by atoms with Crippen LogP contribution in [0.2, 0.25) is 0 Å². The summed E-state index contributed by atoms with van der Waals surface area (Å²) in [6, 6.07) is 0. The predicted molar refractivity (Wildman–Crippen MR) is 48.4 cm³/mol. The molecule has 0 N–H and O–H groups in total. The van der Waals surface area contributed by atoms with Gasteiger partial charge in [-0.25, -0.2) is 0 Å². The van der Waals surface area contributed by atoms with E-state index in [4.69, 9.17) is 0 Å². The molecule has 0 heteroatoms. The molecule has 0 saturated heterocycles. The lowest BCUT2D eigenvalue weighted by molar-refractivity contribution is 0.435. The maximum Gasteiger partial charge on any atom is -0.0326 e. The molecular weight excluding hydrogens is 132 g/mol. The fourth-order valence-electron chi connectivity index (χ4n) is 3.34. The molecule has 0 heterocycles. The molecule has 2 aliphatic rings. The molecule has 2 fully saturated rings. The second-order valence-corrected chi connectivity index (χ2v) is 4.55. The SMILES string of the molecule is CCC1C(C)C1C1CCCC1. The Morgan fingerprint density at radius 3 is 2.27 bits per heavy atom. The van der Waals surface area contributed by atoms with Gasteiger partial charge in [-0.15, -0.1) is 0 Å². The Hall–Kier alpha value is 0. The normalized spacial score (nSPS) is 44.7. The van der Waals surface area contributed by atoms with E-state index in [1.807, 2.05) is 0 Å². The minimum absolute atomic E-state index is 1.07. The van der Waals surface area contributed by atoms with Crippen LogP contribution < -0.4 is 0 Å². The van der Waals surface area contributed by atoms with Crippen molar-refractivity contribution in [3.05, 3.63) is 0 Å². The van der Waals surface area contributed by atoms with Crippen LogP contribution in [0.1, 0.15) is 46.0 Å². The van der Waals surface area contributed by atoms with Crippen molar-refractivity contribution in [2.24, 2.45) is 23.7 Å². The van der Waals surface area contributed by atoms with Crippen LogP contribution in [0.3, 0.4) is 0 Å². The summed E-state index contributed by atoms with van der Waals surface area (Å²) in [6.07, 6.45) is 7.56.